The molecular weight excluding hydrogens is 268 g/mol. The van der Waals surface area contributed by atoms with Crippen LogP contribution >= 0.6 is 11.6 Å². The average molecular weight is 283 g/mol. The molecule has 2 atom stereocenters. The topological polar surface area (TPSA) is 73.7 Å². The molecule has 19 heavy (non-hydrogen) atoms. The number of carboxylic acid groups (broad SMARTS) is 1. The number of halogens is 1. The number of hydrogen-bond donors (Lipinski definition) is 2. The number of anilines is 1. The smallest absolute Gasteiger partial charge is 0.335 e. The second kappa shape index (κ2) is 4.65. The van der Waals surface area contributed by atoms with Gasteiger partial charge in [0.05, 0.1) is 11.7 Å². The number of carbonyl (C=O) groups is 1. The molecule has 2 fully saturated rings. The number of aliphatic hydroxyl groups excluding tert-OH is 1. The standard InChI is InChI=1S/C13H15ClN2O3/c14-11-3-7(13(18)19)4-12(15-11)16-8-1-2-9(16)6-10(17)5-8/h3-4,8-10,17H,1-2,5-6H2,(H,18,19). The first kappa shape index (κ1) is 12.7. The van der Waals surface area contributed by atoms with Crippen molar-refractivity contribution in [1.29, 1.82) is 0 Å². The van der Waals surface area contributed by atoms with Crippen LogP contribution in [-0.4, -0.2) is 39.4 Å². The van der Waals surface area contributed by atoms with E-state index in [4.69, 9.17) is 16.7 Å². The zero-order valence-corrected chi connectivity index (χ0v) is 11.0. The normalized spacial score (nSPS) is 29.6. The molecule has 2 aliphatic heterocycles. The van der Waals surface area contributed by atoms with Gasteiger partial charge < -0.3 is 15.1 Å². The van der Waals surface area contributed by atoms with E-state index in [2.05, 4.69) is 9.88 Å². The molecule has 0 aromatic carbocycles. The highest BCUT2D eigenvalue weighted by molar-refractivity contribution is 6.29. The van der Waals surface area contributed by atoms with Crippen LogP contribution in [0.15, 0.2) is 12.1 Å². The van der Waals surface area contributed by atoms with Crippen LogP contribution in [0.5, 0.6) is 0 Å². The third kappa shape index (κ3) is 2.28. The van der Waals surface area contributed by atoms with Crippen LogP contribution < -0.4 is 4.90 Å². The first-order valence-corrected chi connectivity index (χ1v) is 6.79. The summed E-state index contributed by atoms with van der Waals surface area (Å²) in [6, 6.07) is 3.40. The summed E-state index contributed by atoms with van der Waals surface area (Å²) >= 11 is 5.91. The zero-order chi connectivity index (χ0) is 13.6. The fourth-order valence-electron chi connectivity index (χ4n) is 3.26. The van der Waals surface area contributed by atoms with Gasteiger partial charge in [-0.3, -0.25) is 0 Å². The van der Waals surface area contributed by atoms with E-state index in [0.717, 1.165) is 12.8 Å². The third-order valence-electron chi connectivity index (χ3n) is 4.00. The highest BCUT2D eigenvalue weighted by Crippen LogP contribution is 2.39. The molecule has 2 bridgehead atoms. The van der Waals surface area contributed by atoms with Crippen molar-refractivity contribution in [1.82, 2.24) is 4.98 Å². The van der Waals surface area contributed by atoms with E-state index in [1.54, 1.807) is 6.07 Å². The van der Waals surface area contributed by atoms with Crippen molar-refractivity contribution in [2.45, 2.75) is 43.9 Å². The molecule has 2 aliphatic rings. The summed E-state index contributed by atoms with van der Waals surface area (Å²) in [4.78, 5) is 17.5. The lowest BCUT2D eigenvalue weighted by atomic mass is 10.00. The SMILES string of the molecule is O=C(O)c1cc(Cl)nc(N2C3CCC2CC(O)C3)c1. The Morgan fingerprint density at radius 2 is 1.95 bits per heavy atom. The van der Waals surface area contributed by atoms with E-state index in [0.29, 0.717) is 18.7 Å². The highest BCUT2D eigenvalue weighted by Gasteiger charge is 2.41. The summed E-state index contributed by atoms with van der Waals surface area (Å²) in [6.45, 7) is 0. The molecule has 1 aromatic rings. The van der Waals surface area contributed by atoms with Gasteiger partial charge in [-0.2, -0.15) is 0 Å². The number of piperidine rings is 1. The van der Waals surface area contributed by atoms with Crippen LogP contribution in [0.1, 0.15) is 36.0 Å². The van der Waals surface area contributed by atoms with Gasteiger partial charge in [-0.25, -0.2) is 9.78 Å². The minimum atomic E-state index is -1.00. The number of hydrogen-bond acceptors (Lipinski definition) is 4. The molecule has 3 heterocycles. The summed E-state index contributed by atoms with van der Waals surface area (Å²) in [5, 5.41) is 19.1. The Hall–Kier alpha value is -1.33. The first-order chi connectivity index (χ1) is 9.04. The third-order valence-corrected chi connectivity index (χ3v) is 4.19. The Balaban J connectivity index is 1.96. The van der Waals surface area contributed by atoms with E-state index in [1.807, 2.05) is 0 Å². The number of carboxylic acids is 1. The Morgan fingerprint density at radius 3 is 2.53 bits per heavy atom. The molecule has 102 valence electrons. The number of aromatic carboxylic acids is 1. The molecule has 3 rings (SSSR count). The monoisotopic (exact) mass is 282 g/mol. The van der Waals surface area contributed by atoms with Gasteiger partial charge in [-0.1, -0.05) is 11.6 Å². The fraction of sp³-hybridized carbons (Fsp3) is 0.538. The molecule has 0 aliphatic carbocycles. The van der Waals surface area contributed by atoms with E-state index in [9.17, 15) is 9.90 Å². The molecule has 0 radical (unpaired) electrons. The minimum absolute atomic E-state index is 0.153. The van der Waals surface area contributed by atoms with Crippen LogP contribution in [0.4, 0.5) is 5.82 Å². The van der Waals surface area contributed by atoms with Crippen LogP contribution in [0, 0.1) is 0 Å². The lowest BCUT2D eigenvalue weighted by molar-refractivity contribution is 0.0696. The average Bonchev–Trinajstić information content (AvgIpc) is 2.61. The summed E-state index contributed by atoms with van der Waals surface area (Å²) in [6.07, 6.45) is 3.20. The minimum Gasteiger partial charge on any atom is -0.478 e. The highest BCUT2D eigenvalue weighted by atomic mass is 35.5. The second-order valence-electron chi connectivity index (χ2n) is 5.26. The maximum Gasteiger partial charge on any atom is 0.335 e. The van der Waals surface area contributed by atoms with Crippen LogP contribution in [-0.2, 0) is 0 Å². The molecule has 2 N–H and O–H groups in total. The predicted octanol–water partition coefficient (Wildman–Crippen LogP) is 1.93. The zero-order valence-electron chi connectivity index (χ0n) is 10.3. The summed E-state index contributed by atoms with van der Waals surface area (Å²) in [5.41, 5.74) is 0.153. The number of pyridine rings is 1. The van der Waals surface area contributed by atoms with E-state index in [1.165, 1.54) is 6.07 Å². The molecule has 2 unspecified atom stereocenters. The van der Waals surface area contributed by atoms with Crippen molar-refractivity contribution in [3.05, 3.63) is 22.8 Å². The first-order valence-electron chi connectivity index (χ1n) is 6.42. The summed E-state index contributed by atoms with van der Waals surface area (Å²) < 4.78 is 0. The van der Waals surface area contributed by atoms with Gasteiger partial charge in [0.25, 0.3) is 0 Å². The van der Waals surface area contributed by atoms with Gasteiger partial charge in [0.2, 0.25) is 0 Å². The molecule has 0 spiro atoms. The lowest BCUT2D eigenvalue weighted by Crippen LogP contribution is -2.45. The van der Waals surface area contributed by atoms with Crippen LogP contribution in [0.3, 0.4) is 0 Å². The number of aromatic nitrogens is 1. The van der Waals surface area contributed by atoms with Crippen LogP contribution in [0.2, 0.25) is 5.15 Å². The van der Waals surface area contributed by atoms with Gasteiger partial charge in [0.15, 0.2) is 0 Å². The molecular formula is C13H15ClN2O3. The Morgan fingerprint density at radius 1 is 1.32 bits per heavy atom. The molecule has 0 saturated carbocycles. The van der Waals surface area contributed by atoms with Crippen molar-refractivity contribution >= 4 is 23.4 Å². The van der Waals surface area contributed by atoms with Gasteiger partial charge >= 0.3 is 5.97 Å². The van der Waals surface area contributed by atoms with Crippen molar-refractivity contribution in [3.63, 3.8) is 0 Å². The van der Waals surface area contributed by atoms with Crippen molar-refractivity contribution in [2.24, 2.45) is 0 Å². The van der Waals surface area contributed by atoms with Crippen molar-refractivity contribution in [3.8, 4) is 0 Å². The lowest BCUT2D eigenvalue weighted by Gasteiger charge is -2.38. The van der Waals surface area contributed by atoms with Crippen molar-refractivity contribution < 1.29 is 15.0 Å². The van der Waals surface area contributed by atoms with Gasteiger partial charge in [0.1, 0.15) is 11.0 Å². The van der Waals surface area contributed by atoms with Gasteiger partial charge in [0, 0.05) is 12.1 Å². The van der Waals surface area contributed by atoms with Gasteiger partial charge in [-0.05, 0) is 37.8 Å². The molecule has 0 amide bonds. The molecule has 1 aromatic heterocycles. The Labute approximate surface area is 115 Å². The quantitative estimate of drug-likeness (QED) is 0.811. The summed E-state index contributed by atoms with van der Waals surface area (Å²) in [5.74, 6) is -0.390. The van der Waals surface area contributed by atoms with E-state index < -0.39 is 5.97 Å². The largest absolute Gasteiger partial charge is 0.478 e. The van der Waals surface area contributed by atoms with Gasteiger partial charge in [-0.15, -0.1) is 0 Å². The molecule has 5 nitrogen and oxygen atoms in total. The maximum absolute atomic E-state index is 11.1. The molecule has 2 saturated heterocycles. The van der Waals surface area contributed by atoms with Crippen LogP contribution in [0.25, 0.3) is 0 Å². The Bertz CT molecular complexity index is 509. The van der Waals surface area contributed by atoms with E-state index >= 15 is 0 Å². The predicted molar refractivity (Wildman–Crippen MR) is 70.7 cm³/mol. The maximum atomic E-state index is 11.1. The van der Waals surface area contributed by atoms with E-state index in [-0.39, 0.29) is 28.9 Å². The second-order valence-corrected chi connectivity index (χ2v) is 5.65. The number of fused-ring (bicyclic) bond motifs is 2. The van der Waals surface area contributed by atoms with Crippen molar-refractivity contribution in [2.75, 3.05) is 4.90 Å². The number of aliphatic hydroxyl groups is 1. The molecule has 6 heteroatoms. The Kier molecular flexibility index (Phi) is 3.11. The summed E-state index contributed by atoms with van der Waals surface area (Å²) in [7, 11) is 0. The fourth-order valence-corrected chi connectivity index (χ4v) is 3.47. The number of nitrogens with zero attached hydrogens (tertiary/aromatic N) is 2. The number of rotatable bonds is 2.